The van der Waals surface area contributed by atoms with Crippen LogP contribution in [0, 0.1) is 5.92 Å². The summed E-state index contributed by atoms with van der Waals surface area (Å²) in [5.41, 5.74) is 0. The van der Waals surface area contributed by atoms with Gasteiger partial charge in [0.2, 0.25) is 0 Å². The molecular formula is C14H28N2O. The molecule has 3 nitrogen and oxygen atoms in total. The largest absolute Gasteiger partial charge is 0.380 e. The fraction of sp³-hybridized carbons (Fsp3) is 1.00. The summed E-state index contributed by atoms with van der Waals surface area (Å²) in [5.74, 6) is 0.841. The van der Waals surface area contributed by atoms with E-state index in [-0.39, 0.29) is 0 Å². The number of hydrogen-bond donors (Lipinski definition) is 1. The zero-order chi connectivity index (χ0) is 12.1. The molecule has 0 amide bonds. The second-order valence-corrected chi connectivity index (χ2v) is 5.87. The van der Waals surface area contributed by atoms with Gasteiger partial charge in [-0.05, 0) is 58.5 Å². The lowest BCUT2D eigenvalue weighted by Crippen LogP contribution is -2.49. The van der Waals surface area contributed by atoms with E-state index in [0.29, 0.717) is 12.1 Å². The minimum Gasteiger partial charge on any atom is -0.380 e. The minimum absolute atomic E-state index is 0.642. The molecule has 0 saturated carbocycles. The van der Waals surface area contributed by atoms with Crippen LogP contribution in [0.25, 0.3) is 0 Å². The maximum Gasteiger partial charge on any atom is 0.0621 e. The SMILES string of the molecule is CC(C)N(CC1CCCNC1)C1CCCOC1. The molecule has 2 heterocycles. The van der Waals surface area contributed by atoms with Gasteiger partial charge in [0.1, 0.15) is 0 Å². The number of nitrogens with zero attached hydrogens (tertiary/aromatic N) is 1. The number of nitrogens with one attached hydrogen (secondary N) is 1. The number of rotatable bonds is 4. The van der Waals surface area contributed by atoms with Crippen molar-refractivity contribution < 1.29 is 4.74 Å². The van der Waals surface area contributed by atoms with Gasteiger partial charge in [-0.1, -0.05) is 0 Å². The summed E-state index contributed by atoms with van der Waals surface area (Å²) in [4.78, 5) is 2.68. The van der Waals surface area contributed by atoms with Crippen molar-refractivity contribution in [1.82, 2.24) is 10.2 Å². The van der Waals surface area contributed by atoms with Crippen molar-refractivity contribution in [1.29, 1.82) is 0 Å². The molecule has 2 saturated heterocycles. The van der Waals surface area contributed by atoms with Gasteiger partial charge >= 0.3 is 0 Å². The van der Waals surface area contributed by atoms with Crippen molar-refractivity contribution in [2.45, 2.75) is 51.6 Å². The zero-order valence-corrected chi connectivity index (χ0v) is 11.5. The van der Waals surface area contributed by atoms with Gasteiger partial charge in [0.25, 0.3) is 0 Å². The van der Waals surface area contributed by atoms with E-state index in [1.165, 1.54) is 45.3 Å². The Hall–Kier alpha value is -0.120. The third-order valence-electron chi connectivity index (χ3n) is 4.14. The number of piperidine rings is 1. The second kappa shape index (κ2) is 6.72. The molecule has 2 atom stereocenters. The highest BCUT2D eigenvalue weighted by atomic mass is 16.5. The standard InChI is InChI=1S/C14H28N2O/c1-12(2)16(14-6-4-8-17-11-14)10-13-5-3-7-15-9-13/h12-15H,3-11H2,1-2H3. The third kappa shape index (κ3) is 3.94. The van der Waals surface area contributed by atoms with Crippen LogP contribution in [0.3, 0.4) is 0 Å². The van der Waals surface area contributed by atoms with Gasteiger partial charge in [-0.25, -0.2) is 0 Å². The van der Waals surface area contributed by atoms with Gasteiger partial charge in [-0.2, -0.15) is 0 Å². The van der Waals surface area contributed by atoms with Crippen LogP contribution in [0.5, 0.6) is 0 Å². The van der Waals surface area contributed by atoms with Gasteiger partial charge in [0, 0.05) is 25.2 Å². The van der Waals surface area contributed by atoms with E-state index < -0.39 is 0 Å². The van der Waals surface area contributed by atoms with Crippen LogP contribution < -0.4 is 5.32 Å². The molecule has 0 aromatic carbocycles. The predicted molar refractivity (Wildman–Crippen MR) is 71.3 cm³/mol. The molecule has 3 heteroatoms. The van der Waals surface area contributed by atoms with E-state index in [4.69, 9.17) is 4.74 Å². The quantitative estimate of drug-likeness (QED) is 0.812. The summed E-state index contributed by atoms with van der Waals surface area (Å²) in [5, 5.41) is 3.52. The van der Waals surface area contributed by atoms with Crippen LogP contribution in [-0.4, -0.2) is 49.8 Å². The van der Waals surface area contributed by atoms with Gasteiger partial charge in [-0.3, -0.25) is 4.90 Å². The molecule has 0 aromatic rings. The first-order chi connectivity index (χ1) is 8.27. The summed E-state index contributed by atoms with van der Waals surface area (Å²) < 4.78 is 5.65. The molecule has 2 fully saturated rings. The first-order valence-electron chi connectivity index (χ1n) is 7.31. The molecule has 0 aromatic heterocycles. The number of ether oxygens (including phenoxy) is 1. The second-order valence-electron chi connectivity index (χ2n) is 5.87. The Morgan fingerprint density at radius 3 is 2.76 bits per heavy atom. The van der Waals surface area contributed by atoms with E-state index in [2.05, 4.69) is 24.1 Å². The van der Waals surface area contributed by atoms with Crippen LogP contribution in [-0.2, 0) is 4.74 Å². The molecule has 1 N–H and O–H groups in total. The normalized spacial score (nSPS) is 31.1. The van der Waals surface area contributed by atoms with Crippen molar-refractivity contribution >= 4 is 0 Å². The molecule has 0 radical (unpaired) electrons. The highest BCUT2D eigenvalue weighted by molar-refractivity contribution is 4.81. The Morgan fingerprint density at radius 2 is 2.18 bits per heavy atom. The molecule has 2 aliphatic rings. The lowest BCUT2D eigenvalue weighted by molar-refractivity contribution is -0.00225. The van der Waals surface area contributed by atoms with Crippen molar-refractivity contribution in [2.75, 3.05) is 32.8 Å². The fourth-order valence-electron chi connectivity index (χ4n) is 3.14. The molecule has 0 bridgehead atoms. The van der Waals surface area contributed by atoms with Gasteiger partial charge < -0.3 is 10.1 Å². The Labute approximate surface area is 106 Å². The molecule has 2 unspecified atom stereocenters. The first-order valence-corrected chi connectivity index (χ1v) is 7.31. The molecular weight excluding hydrogens is 212 g/mol. The highest BCUT2D eigenvalue weighted by Crippen LogP contribution is 2.20. The molecule has 100 valence electrons. The van der Waals surface area contributed by atoms with Gasteiger partial charge in [-0.15, -0.1) is 0 Å². The fourth-order valence-corrected chi connectivity index (χ4v) is 3.14. The minimum atomic E-state index is 0.642. The van der Waals surface area contributed by atoms with Crippen LogP contribution in [0.15, 0.2) is 0 Å². The van der Waals surface area contributed by atoms with Crippen molar-refractivity contribution in [2.24, 2.45) is 5.92 Å². The van der Waals surface area contributed by atoms with Gasteiger partial charge in [0.05, 0.1) is 6.61 Å². The average Bonchev–Trinajstić information content (AvgIpc) is 2.38. The predicted octanol–water partition coefficient (Wildman–Crippen LogP) is 1.88. The summed E-state index contributed by atoms with van der Waals surface area (Å²) in [6, 6.07) is 1.30. The molecule has 0 spiro atoms. The Kier molecular flexibility index (Phi) is 5.26. The van der Waals surface area contributed by atoms with E-state index in [1.54, 1.807) is 0 Å². The maximum absolute atomic E-state index is 5.65. The van der Waals surface area contributed by atoms with Crippen LogP contribution in [0.4, 0.5) is 0 Å². The molecule has 17 heavy (non-hydrogen) atoms. The summed E-state index contributed by atoms with van der Waals surface area (Å²) in [6.07, 6.45) is 5.29. The van der Waals surface area contributed by atoms with Crippen molar-refractivity contribution in [3.8, 4) is 0 Å². The van der Waals surface area contributed by atoms with Crippen LogP contribution in [0.1, 0.15) is 39.5 Å². The number of hydrogen-bond acceptors (Lipinski definition) is 3. The van der Waals surface area contributed by atoms with E-state index in [9.17, 15) is 0 Å². The van der Waals surface area contributed by atoms with Crippen LogP contribution >= 0.6 is 0 Å². The van der Waals surface area contributed by atoms with Gasteiger partial charge in [0.15, 0.2) is 0 Å². The van der Waals surface area contributed by atoms with Crippen molar-refractivity contribution in [3.63, 3.8) is 0 Å². The van der Waals surface area contributed by atoms with E-state index >= 15 is 0 Å². The summed E-state index contributed by atoms with van der Waals surface area (Å²) in [6.45, 7) is 10.2. The summed E-state index contributed by atoms with van der Waals surface area (Å²) in [7, 11) is 0. The van der Waals surface area contributed by atoms with Crippen LogP contribution in [0.2, 0.25) is 0 Å². The highest BCUT2D eigenvalue weighted by Gasteiger charge is 2.26. The smallest absolute Gasteiger partial charge is 0.0621 e. The lowest BCUT2D eigenvalue weighted by atomic mass is 9.96. The average molecular weight is 240 g/mol. The topological polar surface area (TPSA) is 24.5 Å². The first kappa shape index (κ1) is 13.3. The van der Waals surface area contributed by atoms with Crippen molar-refractivity contribution in [3.05, 3.63) is 0 Å². The molecule has 0 aliphatic carbocycles. The monoisotopic (exact) mass is 240 g/mol. The third-order valence-corrected chi connectivity index (χ3v) is 4.14. The Morgan fingerprint density at radius 1 is 1.29 bits per heavy atom. The molecule has 2 rings (SSSR count). The van der Waals surface area contributed by atoms with E-state index in [1.807, 2.05) is 0 Å². The Balaban J connectivity index is 1.86. The Bertz CT molecular complexity index is 208. The zero-order valence-electron chi connectivity index (χ0n) is 11.5. The summed E-state index contributed by atoms with van der Waals surface area (Å²) >= 11 is 0. The lowest BCUT2D eigenvalue weighted by Gasteiger charge is -2.40. The van der Waals surface area contributed by atoms with E-state index in [0.717, 1.165) is 19.1 Å². The molecule has 2 aliphatic heterocycles. The maximum atomic E-state index is 5.65.